The highest BCUT2D eigenvalue weighted by Crippen LogP contribution is 2.59. The van der Waals surface area contributed by atoms with Crippen molar-refractivity contribution in [1.29, 1.82) is 0 Å². The van der Waals surface area contributed by atoms with Crippen molar-refractivity contribution in [3.8, 4) is 5.75 Å². The van der Waals surface area contributed by atoms with Crippen molar-refractivity contribution in [3.05, 3.63) is 29.3 Å². The van der Waals surface area contributed by atoms with E-state index in [1.165, 1.54) is 0 Å². The summed E-state index contributed by atoms with van der Waals surface area (Å²) >= 11 is 0. The fourth-order valence-electron chi connectivity index (χ4n) is 6.46. The molecule has 0 spiro atoms. The molecule has 6 atom stereocenters. The summed E-state index contributed by atoms with van der Waals surface area (Å²) in [6.07, 6.45) is -3.58. The number of esters is 3. The van der Waals surface area contributed by atoms with Crippen molar-refractivity contribution in [2.75, 3.05) is 12.4 Å². The maximum Gasteiger partial charge on any atom is 0.419 e. The normalized spacial score (nSPS) is 30.7. The molecule has 39 heavy (non-hydrogen) atoms. The van der Waals surface area contributed by atoms with Crippen molar-refractivity contribution in [1.82, 2.24) is 0 Å². The van der Waals surface area contributed by atoms with Gasteiger partial charge in [-0.1, -0.05) is 0 Å². The lowest BCUT2D eigenvalue weighted by atomic mass is 9.78. The van der Waals surface area contributed by atoms with E-state index in [0.717, 1.165) is 31.0 Å². The van der Waals surface area contributed by atoms with E-state index in [1.807, 2.05) is 0 Å². The van der Waals surface area contributed by atoms with Crippen LogP contribution in [0.5, 0.6) is 5.75 Å². The molecule has 1 aliphatic heterocycles. The van der Waals surface area contributed by atoms with Gasteiger partial charge in [-0.2, -0.15) is 13.2 Å². The molecule has 2 bridgehead atoms. The molecule has 3 saturated carbocycles. The van der Waals surface area contributed by atoms with Crippen LogP contribution in [0, 0.1) is 23.7 Å². The van der Waals surface area contributed by atoms with Crippen LogP contribution < -0.4 is 4.74 Å². The highest BCUT2D eigenvalue weighted by Gasteiger charge is 2.70. The SMILES string of the molecule is CC1(Oc2cc(C(=O)OC3C4CC5C3OC(=O)C5C4C(=O)OCCS(=O)(=O)[O-])ccc2C(F)(F)F)CCCC1. The van der Waals surface area contributed by atoms with Gasteiger partial charge in [-0.3, -0.25) is 9.59 Å². The second-order valence-corrected chi connectivity index (χ2v) is 12.3. The van der Waals surface area contributed by atoms with Crippen LogP contribution in [0.25, 0.3) is 0 Å². The number of rotatable bonds is 8. The summed E-state index contributed by atoms with van der Waals surface area (Å²) < 4.78 is 95.2. The number of carbonyl (C=O) groups excluding carboxylic acids is 3. The largest absolute Gasteiger partial charge is 0.748 e. The molecule has 6 unspecified atom stereocenters. The number of alkyl halides is 3. The van der Waals surface area contributed by atoms with Gasteiger partial charge in [-0.15, -0.1) is 0 Å². The topological polar surface area (TPSA) is 145 Å². The summed E-state index contributed by atoms with van der Waals surface area (Å²) in [7, 11) is -4.63. The summed E-state index contributed by atoms with van der Waals surface area (Å²) in [5.74, 6) is -7.08. The number of carbonyl (C=O) groups is 3. The molecule has 14 heteroatoms. The number of halogens is 3. The Bertz CT molecular complexity index is 1290. The van der Waals surface area contributed by atoms with E-state index in [-0.39, 0.29) is 5.56 Å². The van der Waals surface area contributed by atoms with Gasteiger partial charge in [-0.25, -0.2) is 13.2 Å². The highest BCUT2D eigenvalue weighted by molar-refractivity contribution is 7.85. The molecule has 3 aliphatic carbocycles. The Balaban J connectivity index is 1.35. The molecular formula is C25H26F3O10S-. The first-order valence-electron chi connectivity index (χ1n) is 12.6. The first-order valence-corrected chi connectivity index (χ1v) is 14.2. The van der Waals surface area contributed by atoms with Crippen molar-refractivity contribution in [3.63, 3.8) is 0 Å². The molecule has 0 N–H and O–H groups in total. The molecule has 0 aromatic heterocycles. The fraction of sp³-hybridized carbons (Fsp3) is 0.640. The molecular weight excluding hydrogens is 549 g/mol. The summed E-state index contributed by atoms with van der Waals surface area (Å²) in [5, 5.41) is 0. The van der Waals surface area contributed by atoms with E-state index in [1.54, 1.807) is 6.92 Å². The Kier molecular flexibility index (Phi) is 6.85. The van der Waals surface area contributed by atoms with Gasteiger partial charge in [-0.05, 0) is 57.2 Å². The van der Waals surface area contributed by atoms with Gasteiger partial charge in [0.1, 0.15) is 30.2 Å². The van der Waals surface area contributed by atoms with Crippen molar-refractivity contribution < 1.29 is 59.5 Å². The lowest BCUT2D eigenvalue weighted by Gasteiger charge is -2.30. The predicted molar refractivity (Wildman–Crippen MR) is 122 cm³/mol. The molecule has 1 aromatic rings. The van der Waals surface area contributed by atoms with Gasteiger partial charge in [0.25, 0.3) is 0 Å². The maximum atomic E-state index is 13.7. The van der Waals surface area contributed by atoms with Crippen molar-refractivity contribution >= 4 is 28.0 Å². The van der Waals surface area contributed by atoms with Crippen LogP contribution in [-0.4, -0.2) is 61.0 Å². The quantitative estimate of drug-likeness (QED) is 0.258. The zero-order valence-corrected chi connectivity index (χ0v) is 21.6. The minimum Gasteiger partial charge on any atom is -0.748 e. The second-order valence-electron chi connectivity index (χ2n) is 10.8. The molecule has 0 amide bonds. The van der Waals surface area contributed by atoms with Gasteiger partial charge < -0.3 is 23.5 Å². The molecule has 214 valence electrons. The number of hydrogen-bond donors (Lipinski definition) is 0. The summed E-state index contributed by atoms with van der Waals surface area (Å²) in [5.41, 5.74) is -2.04. The van der Waals surface area contributed by atoms with Crippen LogP contribution in [0.1, 0.15) is 54.9 Å². The standard InChI is InChI=1S/C25H27F3O10S/c1-24(6-2-3-7-24)38-16-10-12(4-5-15(16)25(26,27)28)21(29)36-19-13-11-14-18(23(31)37-20(14)19)17(13)22(30)35-8-9-39(32,33)34/h4-5,10,13-14,17-20H,2-3,6-9,11H2,1H3,(H,32,33,34)/p-1. The van der Waals surface area contributed by atoms with Gasteiger partial charge in [0.15, 0.2) is 0 Å². The second kappa shape index (κ2) is 9.65. The Morgan fingerprint density at radius 1 is 1.18 bits per heavy atom. The predicted octanol–water partition coefficient (Wildman–Crippen LogP) is 2.84. The first kappa shape index (κ1) is 27.7. The van der Waals surface area contributed by atoms with Crippen LogP contribution in [0.2, 0.25) is 0 Å². The number of ether oxygens (including phenoxy) is 4. The molecule has 10 nitrogen and oxygen atoms in total. The molecule has 1 heterocycles. The van der Waals surface area contributed by atoms with Crippen LogP contribution in [0.3, 0.4) is 0 Å². The van der Waals surface area contributed by atoms with Gasteiger partial charge in [0.2, 0.25) is 0 Å². The van der Waals surface area contributed by atoms with E-state index in [2.05, 4.69) is 0 Å². The molecule has 5 rings (SSSR count). The zero-order chi connectivity index (χ0) is 28.3. The fourth-order valence-corrected chi connectivity index (χ4v) is 6.75. The van der Waals surface area contributed by atoms with Gasteiger partial charge in [0, 0.05) is 11.8 Å². The third-order valence-electron chi connectivity index (χ3n) is 8.18. The van der Waals surface area contributed by atoms with Crippen LogP contribution in [0.4, 0.5) is 13.2 Å². The van der Waals surface area contributed by atoms with Gasteiger partial charge in [0.05, 0.1) is 38.8 Å². The van der Waals surface area contributed by atoms with Gasteiger partial charge >= 0.3 is 24.1 Å². The molecule has 1 aromatic carbocycles. The van der Waals surface area contributed by atoms with Crippen LogP contribution in [-0.2, 0) is 40.1 Å². The highest BCUT2D eigenvalue weighted by atomic mass is 32.2. The van der Waals surface area contributed by atoms with E-state index in [9.17, 15) is 40.5 Å². The number of hydrogen-bond acceptors (Lipinski definition) is 10. The number of fused-ring (bicyclic) bond motifs is 1. The average molecular weight is 576 g/mol. The summed E-state index contributed by atoms with van der Waals surface area (Å²) in [6, 6.07) is 2.71. The zero-order valence-electron chi connectivity index (χ0n) is 20.8. The molecule has 4 aliphatic rings. The van der Waals surface area contributed by atoms with E-state index in [4.69, 9.17) is 18.9 Å². The van der Waals surface area contributed by atoms with Crippen LogP contribution >= 0.6 is 0 Å². The van der Waals surface area contributed by atoms with E-state index < -0.39 is 99.4 Å². The van der Waals surface area contributed by atoms with E-state index in [0.29, 0.717) is 19.3 Å². The molecule has 1 saturated heterocycles. The van der Waals surface area contributed by atoms with E-state index >= 15 is 0 Å². The minimum absolute atomic E-state index is 0.206. The van der Waals surface area contributed by atoms with Crippen LogP contribution in [0.15, 0.2) is 18.2 Å². The minimum atomic E-state index is -4.72. The monoisotopic (exact) mass is 575 g/mol. The number of benzene rings is 1. The summed E-state index contributed by atoms with van der Waals surface area (Å²) in [6.45, 7) is 1.03. The average Bonchev–Trinajstić information content (AvgIpc) is 3.55. The smallest absolute Gasteiger partial charge is 0.419 e. The third-order valence-corrected chi connectivity index (χ3v) is 8.85. The third kappa shape index (κ3) is 5.32. The summed E-state index contributed by atoms with van der Waals surface area (Å²) in [4.78, 5) is 38.3. The lowest BCUT2D eigenvalue weighted by Crippen LogP contribution is -2.44. The Morgan fingerprint density at radius 3 is 2.51 bits per heavy atom. The Morgan fingerprint density at radius 2 is 1.87 bits per heavy atom. The Hall–Kier alpha value is -2.87. The Labute approximate surface area is 221 Å². The first-order chi connectivity index (χ1) is 18.2. The maximum absolute atomic E-state index is 13.7. The lowest BCUT2D eigenvalue weighted by molar-refractivity contribution is -0.155. The van der Waals surface area contributed by atoms with Crippen molar-refractivity contribution in [2.45, 2.75) is 63.0 Å². The molecule has 0 radical (unpaired) electrons. The molecule has 4 fully saturated rings. The van der Waals surface area contributed by atoms with Crippen molar-refractivity contribution in [2.24, 2.45) is 23.7 Å².